The number of halogens is 1. The van der Waals surface area contributed by atoms with Gasteiger partial charge in [-0.2, -0.15) is 0 Å². The quantitative estimate of drug-likeness (QED) is 0.764. The lowest BCUT2D eigenvalue weighted by Gasteiger charge is -2.23. The van der Waals surface area contributed by atoms with E-state index in [2.05, 4.69) is 5.32 Å². The van der Waals surface area contributed by atoms with Crippen molar-refractivity contribution in [3.05, 3.63) is 35.6 Å². The Morgan fingerprint density at radius 3 is 2.52 bits per heavy atom. The predicted molar refractivity (Wildman–Crippen MR) is 96.1 cm³/mol. The lowest BCUT2D eigenvalue weighted by atomic mass is 9.89. The van der Waals surface area contributed by atoms with Crippen molar-refractivity contribution in [3.63, 3.8) is 0 Å². The molecule has 1 aliphatic rings. The summed E-state index contributed by atoms with van der Waals surface area (Å²) in [5.74, 6) is -0.261. The van der Waals surface area contributed by atoms with Crippen molar-refractivity contribution in [2.24, 2.45) is 5.92 Å². The summed E-state index contributed by atoms with van der Waals surface area (Å²) in [6, 6.07) is 6.35. The fraction of sp³-hybridized carbons (Fsp3) is 0.611. The number of hydrogen-bond donors (Lipinski definition) is 1. The lowest BCUT2D eigenvalue weighted by Crippen LogP contribution is -2.41. The van der Waals surface area contributed by atoms with Gasteiger partial charge in [-0.05, 0) is 30.9 Å². The van der Waals surface area contributed by atoms with Crippen molar-refractivity contribution in [2.75, 3.05) is 25.9 Å². The smallest absolute Gasteiger partial charge is 0.223 e. The molecule has 1 amide bonds. The topological polar surface area (TPSA) is 66.5 Å². The van der Waals surface area contributed by atoms with Crippen LogP contribution in [0.1, 0.15) is 37.7 Å². The Morgan fingerprint density at radius 2 is 1.88 bits per heavy atom. The van der Waals surface area contributed by atoms with Gasteiger partial charge in [-0.15, -0.1) is 0 Å². The molecule has 0 unspecified atom stereocenters. The standard InChI is InChI=1S/C18H27FN2O3S/c1-25(23,24)21(13-11-15-7-5-6-10-17(15)19)14-12-20-18(22)16-8-3-2-4-9-16/h5-7,10,16H,2-4,8-9,11-14H2,1H3,(H,20,22). The largest absolute Gasteiger partial charge is 0.355 e. The van der Waals surface area contributed by atoms with Crippen LogP contribution in [-0.2, 0) is 21.2 Å². The molecular weight excluding hydrogens is 343 g/mol. The molecule has 5 nitrogen and oxygen atoms in total. The maximum atomic E-state index is 13.7. The molecule has 2 rings (SSSR count). The van der Waals surface area contributed by atoms with Crippen LogP contribution >= 0.6 is 0 Å². The minimum atomic E-state index is -3.41. The van der Waals surface area contributed by atoms with Crippen molar-refractivity contribution in [1.29, 1.82) is 0 Å². The van der Waals surface area contributed by atoms with Crippen LogP contribution in [0.2, 0.25) is 0 Å². The van der Waals surface area contributed by atoms with Crippen LogP contribution in [0.15, 0.2) is 24.3 Å². The number of hydrogen-bond acceptors (Lipinski definition) is 3. The monoisotopic (exact) mass is 370 g/mol. The summed E-state index contributed by atoms with van der Waals surface area (Å²) in [6.07, 6.45) is 6.60. The second-order valence-corrected chi connectivity index (χ2v) is 8.61. The molecule has 0 aliphatic heterocycles. The molecule has 0 radical (unpaired) electrons. The minimum absolute atomic E-state index is 0.0160. The van der Waals surface area contributed by atoms with Crippen LogP contribution in [0.5, 0.6) is 0 Å². The van der Waals surface area contributed by atoms with Gasteiger partial charge in [0.1, 0.15) is 5.82 Å². The van der Waals surface area contributed by atoms with Crippen LogP contribution in [0, 0.1) is 11.7 Å². The van der Waals surface area contributed by atoms with Gasteiger partial charge >= 0.3 is 0 Å². The molecule has 0 spiro atoms. The van der Waals surface area contributed by atoms with Gasteiger partial charge in [0.2, 0.25) is 15.9 Å². The van der Waals surface area contributed by atoms with Gasteiger partial charge in [0, 0.05) is 25.6 Å². The highest BCUT2D eigenvalue weighted by atomic mass is 32.2. The molecule has 140 valence electrons. The van der Waals surface area contributed by atoms with Crippen LogP contribution in [0.25, 0.3) is 0 Å². The highest BCUT2D eigenvalue weighted by molar-refractivity contribution is 7.88. The molecule has 1 aromatic carbocycles. The summed E-state index contributed by atoms with van der Waals surface area (Å²) in [7, 11) is -3.41. The summed E-state index contributed by atoms with van der Waals surface area (Å²) >= 11 is 0. The third-order valence-corrected chi connectivity index (χ3v) is 6.00. The lowest BCUT2D eigenvalue weighted by molar-refractivity contribution is -0.125. The Labute approximate surface area is 149 Å². The van der Waals surface area contributed by atoms with Gasteiger partial charge in [0.15, 0.2) is 0 Å². The van der Waals surface area contributed by atoms with E-state index in [0.717, 1.165) is 31.9 Å². The Kier molecular flexibility index (Phi) is 7.38. The summed E-state index contributed by atoms with van der Waals surface area (Å²) in [6.45, 7) is 0.671. The van der Waals surface area contributed by atoms with Crippen molar-refractivity contribution in [2.45, 2.75) is 38.5 Å². The highest BCUT2D eigenvalue weighted by Crippen LogP contribution is 2.23. The first kappa shape index (κ1) is 19.8. The van der Waals surface area contributed by atoms with Crippen LogP contribution < -0.4 is 5.32 Å². The second-order valence-electron chi connectivity index (χ2n) is 6.63. The maximum absolute atomic E-state index is 13.7. The number of carbonyl (C=O) groups excluding carboxylic acids is 1. The average Bonchev–Trinajstić information content (AvgIpc) is 2.58. The SMILES string of the molecule is CS(=O)(=O)N(CCNC(=O)C1CCCCC1)CCc1ccccc1F. The Balaban J connectivity index is 1.84. The molecule has 0 heterocycles. The molecular formula is C18H27FN2O3S. The van der Waals surface area contributed by atoms with E-state index >= 15 is 0 Å². The summed E-state index contributed by atoms with van der Waals surface area (Å²) in [5.41, 5.74) is 0.488. The van der Waals surface area contributed by atoms with E-state index in [1.807, 2.05) is 0 Å². The van der Waals surface area contributed by atoms with E-state index in [4.69, 9.17) is 0 Å². The van der Waals surface area contributed by atoms with Gasteiger partial charge in [-0.3, -0.25) is 4.79 Å². The van der Waals surface area contributed by atoms with Crippen molar-refractivity contribution < 1.29 is 17.6 Å². The Bertz CT molecular complexity index is 673. The molecule has 1 N–H and O–H groups in total. The Morgan fingerprint density at radius 1 is 1.20 bits per heavy atom. The highest BCUT2D eigenvalue weighted by Gasteiger charge is 2.22. The molecule has 0 atom stereocenters. The van der Waals surface area contributed by atoms with Crippen LogP contribution in [0.3, 0.4) is 0 Å². The van der Waals surface area contributed by atoms with Crippen molar-refractivity contribution in [1.82, 2.24) is 9.62 Å². The molecule has 1 saturated carbocycles. The van der Waals surface area contributed by atoms with E-state index in [1.54, 1.807) is 18.2 Å². The number of carbonyl (C=O) groups is 1. The summed E-state index contributed by atoms with van der Waals surface area (Å²) in [4.78, 5) is 12.1. The number of benzene rings is 1. The first-order valence-electron chi connectivity index (χ1n) is 8.84. The van der Waals surface area contributed by atoms with Gasteiger partial charge in [0.25, 0.3) is 0 Å². The minimum Gasteiger partial charge on any atom is -0.355 e. The molecule has 0 aromatic heterocycles. The fourth-order valence-electron chi connectivity index (χ4n) is 3.20. The first-order valence-corrected chi connectivity index (χ1v) is 10.7. The number of rotatable bonds is 8. The molecule has 25 heavy (non-hydrogen) atoms. The van der Waals surface area contributed by atoms with Crippen LogP contribution in [-0.4, -0.2) is 44.5 Å². The van der Waals surface area contributed by atoms with E-state index in [-0.39, 0.29) is 37.3 Å². The average molecular weight is 370 g/mol. The number of nitrogens with zero attached hydrogens (tertiary/aromatic N) is 1. The number of amides is 1. The molecule has 7 heteroatoms. The first-order chi connectivity index (χ1) is 11.9. The molecule has 1 fully saturated rings. The number of nitrogens with one attached hydrogen (secondary N) is 1. The number of sulfonamides is 1. The zero-order valence-corrected chi connectivity index (χ0v) is 15.5. The third kappa shape index (κ3) is 6.40. The molecule has 0 saturated heterocycles. The van der Waals surface area contributed by atoms with Crippen molar-refractivity contribution >= 4 is 15.9 Å². The summed E-state index contributed by atoms with van der Waals surface area (Å²) < 4.78 is 38.8. The molecule has 1 aromatic rings. The van der Waals surface area contributed by atoms with Crippen LogP contribution in [0.4, 0.5) is 4.39 Å². The predicted octanol–water partition coefficient (Wildman–Crippen LogP) is 2.33. The van der Waals surface area contributed by atoms with E-state index in [9.17, 15) is 17.6 Å². The zero-order valence-electron chi connectivity index (χ0n) is 14.7. The van der Waals surface area contributed by atoms with Gasteiger partial charge in [0.05, 0.1) is 6.26 Å². The van der Waals surface area contributed by atoms with E-state index < -0.39 is 10.0 Å². The fourth-order valence-corrected chi connectivity index (χ4v) is 4.05. The van der Waals surface area contributed by atoms with Gasteiger partial charge < -0.3 is 5.32 Å². The molecule has 1 aliphatic carbocycles. The normalized spacial score (nSPS) is 16.1. The van der Waals surface area contributed by atoms with E-state index in [0.29, 0.717) is 12.0 Å². The second kappa shape index (κ2) is 9.29. The van der Waals surface area contributed by atoms with Crippen molar-refractivity contribution in [3.8, 4) is 0 Å². The van der Waals surface area contributed by atoms with Gasteiger partial charge in [-0.1, -0.05) is 37.5 Å². The van der Waals surface area contributed by atoms with E-state index in [1.165, 1.54) is 16.8 Å². The Hall–Kier alpha value is -1.47. The molecule has 0 bridgehead atoms. The maximum Gasteiger partial charge on any atom is 0.223 e. The third-order valence-electron chi connectivity index (χ3n) is 4.69. The van der Waals surface area contributed by atoms with Gasteiger partial charge in [-0.25, -0.2) is 17.1 Å². The zero-order chi connectivity index (χ0) is 18.3. The summed E-state index contributed by atoms with van der Waals surface area (Å²) in [5, 5.41) is 2.85.